The van der Waals surface area contributed by atoms with Gasteiger partial charge in [-0.3, -0.25) is 5.01 Å². The molecule has 3 nitrogen and oxygen atoms in total. The van der Waals surface area contributed by atoms with E-state index in [1.165, 1.54) is 0 Å². The maximum atomic E-state index is 6.10. The molecule has 0 aliphatic heterocycles. The average molecular weight is 312 g/mol. The maximum Gasteiger partial charge on any atom is 0.102 e. The molecule has 0 aliphatic rings. The van der Waals surface area contributed by atoms with E-state index in [1.54, 1.807) is 5.01 Å². The number of nitrogens with one attached hydrogen (secondary N) is 1. The van der Waals surface area contributed by atoms with Gasteiger partial charge in [-0.25, -0.2) is 0 Å². The molecule has 0 fully saturated rings. The maximum absolute atomic E-state index is 6.10. The molecule has 0 aliphatic carbocycles. The van der Waals surface area contributed by atoms with Crippen LogP contribution in [0.3, 0.4) is 0 Å². The van der Waals surface area contributed by atoms with Gasteiger partial charge in [0, 0.05) is 23.3 Å². The van der Waals surface area contributed by atoms with Gasteiger partial charge in [-0.05, 0) is 37.3 Å². The first kappa shape index (κ1) is 15.9. The van der Waals surface area contributed by atoms with Crippen molar-refractivity contribution in [2.45, 2.75) is 6.92 Å². The highest BCUT2D eigenvalue weighted by Crippen LogP contribution is 2.22. The number of para-hydroxylation sites is 1. The molecule has 0 radical (unpaired) electrons. The van der Waals surface area contributed by atoms with Crippen LogP contribution in [-0.4, -0.2) is 19.3 Å². The SMILES string of the molecule is C#CCN(/N=C(\C)c1cc(Cl)ccc1NC)c1ccccc1. The lowest BCUT2D eigenvalue weighted by atomic mass is 10.1. The highest BCUT2D eigenvalue weighted by Gasteiger charge is 2.09. The lowest BCUT2D eigenvalue weighted by molar-refractivity contribution is 0.954. The first-order valence-electron chi connectivity index (χ1n) is 6.94. The molecule has 22 heavy (non-hydrogen) atoms. The summed E-state index contributed by atoms with van der Waals surface area (Å²) in [5, 5.41) is 10.3. The molecule has 2 aromatic carbocycles. The summed E-state index contributed by atoms with van der Waals surface area (Å²) in [7, 11) is 1.87. The van der Waals surface area contributed by atoms with Gasteiger partial charge in [-0.15, -0.1) is 6.42 Å². The van der Waals surface area contributed by atoms with E-state index < -0.39 is 0 Å². The Balaban J connectivity index is 2.41. The molecule has 4 heteroatoms. The van der Waals surface area contributed by atoms with Crippen molar-refractivity contribution >= 4 is 28.7 Å². The zero-order chi connectivity index (χ0) is 15.9. The fourth-order valence-corrected chi connectivity index (χ4v) is 2.31. The Kier molecular flexibility index (Phi) is 5.46. The number of hydrazone groups is 1. The van der Waals surface area contributed by atoms with Crippen LogP contribution in [0, 0.1) is 12.3 Å². The predicted octanol–water partition coefficient (Wildman–Crippen LogP) is 4.25. The van der Waals surface area contributed by atoms with Gasteiger partial charge >= 0.3 is 0 Å². The zero-order valence-electron chi connectivity index (χ0n) is 12.7. The molecule has 0 amide bonds. The summed E-state index contributed by atoms with van der Waals surface area (Å²) in [6.45, 7) is 2.34. The molecule has 0 aromatic heterocycles. The third-order valence-corrected chi connectivity index (χ3v) is 3.44. The number of hydrogen-bond donors (Lipinski definition) is 1. The van der Waals surface area contributed by atoms with E-state index in [-0.39, 0.29) is 0 Å². The second-order valence-electron chi connectivity index (χ2n) is 4.72. The van der Waals surface area contributed by atoms with E-state index in [9.17, 15) is 0 Å². The van der Waals surface area contributed by atoms with E-state index in [1.807, 2.05) is 62.5 Å². The smallest absolute Gasteiger partial charge is 0.102 e. The first-order chi connectivity index (χ1) is 10.7. The molecule has 0 atom stereocenters. The average Bonchev–Trinajstić information content (AvgIpc) is 2.55. The summed E-state index contributed by atoms with van der Waals surface area (Å²) < 4.78 is 0. The molecule has 112 valence electrons. The molecule has 1 N–H and O–H groups in total. The number of benzene rings is 2. The molecular formula is C18H18ClN3. The van der Waals surface area contributed by atoms with Crippen molar-refractivity contribution in [3.63, 3.8) is 0 Å². The van der Waals surface area contributed by atoms with Crippen LogP contribution in [0.5, 0.6) is 0 Å². The van der Waals surface area contributed by atoms with Crippen LogP contribution in [0.25, 0.3) is 0 Å². The summed E-state index contributed by atoms with van der Waals surface area (Å²) in [4.78, 5) is 0. The van der Waals surface area contributed by atoms with Crippen molar-refractivity contribution in [1.82, 2.24) is 0 Å². The minimum Gasteiger partial charge on any atom is -0.388 e. The van der Waals surface area contributed by atoms with Crippen LogP contribution in [0.15, 0.2) is 53.6 Å². The minimum absolute atomic E-state index is 0.400. The normalized spacial score (nSPS) is 10.9. The monoisotopic (exact) mass is 311 g/mol. The van der Waals surface area contributed by atoms with Gasteiger partial charge < -0.3 is 5.32 Å². The van der Waals surface area contributed by atoms with E-state index in [4.69, 9.17) is 18.0 Å². The number of hydrogen-bond acceptors (Lipinski definition) is 3. The number of halogens is 1. The second-order valence-corrected chi connectivity index (χ2v) is 5.16. The van der Waals surface area contributed by atoms with Crippen LogP contribution in [0.1, 0.15) is 12.5 Å². The molecule has 0 saturated heterocycles. The predicted molar refractivity (Wildman–Crippen MR) is 95.8 cm³/mol. The summed E-state index contributed by atoms with van der Waals surface area (Å²) in [6, 6.07) is 15.5. The zero-order valence-corrected chi connectivity index (χ0v) is 13.4. The Morgan fingerprint density at radius 1 is 1.27 bits per heavy atom. The van der Waals surface area contributed by atoms with Crippen LogP contribution in [0.2, 0.25) is 5.02 Å². The van der Waals surface area contributed by atoms with Crippen molar-refractivity contribution in [3.8, 4) is 12.3 Å². The van der Waals surface area contributed by atoms with Gasteiger partial charge in [0.1, 0.15) is 6.54 Å². The minimum atomic E-state index is 0.400. The lowest BCUT2D eigenvalue weighted by Crippen LogP contribution is -2.19. The van der Waals surface area contributed by atoms with Gasteiger partial charge in [0.05, 0.1) is 11.4 Å². The molecule has 0 unspecified atom stereocenters. The highest BCUT2D eigenvalue weighted by atomic mass is 35.5. The Hall–Kier alpha value is -2.44. The molecule has 0 bridgehead atoms. The molecule has 2 aromatic rings. The number of nitrogens with zero attached hydrogens (tertiary/aromatic N) is 2. The topological polar surface area (TPSA) is 27.6 Å². The molecular weight excluding hydrogens is 294 g/mol. The van der Waals surface area contributed by atoms with Crippen LogP contribution in [-0.2, 0) is 0 Å². The Bertz CT molecular complexity index is 702. The van der Waals surface area contributed by atoms with Gasteiger partial charge in [0.15, 0.2) is 0 Å². The van der Waals surface area contributed by atoms with Crippen LogP contribution >= 0.6 is 11.6 Å². The molecule has 0 spiro atoms. The van der Waals surface area contributed by atoms with E-state index >= 15 is 0 Å². The number of terminal acetylenes is 1. The van der Waals surface area contributed by atoms with E-state index in [2.05, 4.69) is 16.3 Å². The van der Waals surface area contributed by atoms with Crippen molar-refractivity contribution < 1.29 is 0 Å². The lowest BCUT2D eigenvalue weighted by Gasteiger charge is -2.18. The Morgan fingerprint density at radius 3 is 2.64 bits per heavy atom. The highest BCUT2D eigenvalue weighted by molar-refractivity contribution is 6.31. The summed E-state index contributed by atoms with van der Waals surface area (Å²) in [5.41, 5.74) is 3.71. The van der Waals surface area contributed by atoms with Gasteiger partial charge in [0.2, 0.25) is 0 Å². The van der Waals surface area contributed by atoms with Gasteiger partial charge in [-0.2, -0.15) is 5.10 Å². The van der Waals surface area contributed by atoms with Gasteiger partial charge in [0.25, 0.3) is 0 Å². The van der Waals surface area contributed by atoms with Crippen molar-refractivity contribution in [1.29, 1.82) is 0 Å². The summed E-state index contributed by atoms with van der Waals surface area (Å²) >= 11 is 6.10. The Morgan fingerprint density at radius 2 is 2.00 bits per heavy atom. The van der Waals surface area contributed by atoms with Gasteiger partial charge in [-0.1, -0.05) is 35.7 Å². The fourth-order valence-electron chi connectivity index (χ4n) is 2.14. The Labute approximate surface area is 136 Å². The van der Waals surface area contributed by atoms with E-state index in [0.29, 0.717) is 11.6 Å². The molecule has 0 saturated carbocycles. The third kappa shape index (κ3) is 3.81. The standard InChI is InChI=1S/C18H18ClN3/c1-4-12-22(16-8-6-5-7-9-16)21-14(2)17-13-15(19)10-11-18(17)20-3/h1,5-11,13,20H,12H2,2-3H3/b21-14+. The summed E-state index contributed by atoms with van der Waals surface area (Å²) in [6.07, 6.45) is 5.47. The van der Waals surface area contributed by atoms with Crippen LogP contribution < -0.4 is 10.3 Å². The second kappa shape index (κ2) is 7.53. The van der Waals surface area contributed by atoms with Crippen LogP contribution in [0.4, 0.5) is 11.4 Å². The summed E-state index contributed by atoms with van der Waals surface area (Å²) in [5.74, 6) is 2.64. The molecule has 2 rings (SSSR count). The van der Waals surface area contributed by atoms with Crippen molar-refractivity contribution in [2.24, 2.45) is 5.10 Å². The number of anilines is 2. The quantitative estimate of drug-likeness (QED) is 0.508. The van der Waals surface area contributed by atoms with E-state index in [0.717, 1.165) is 22.6 Å². The molecule has 0 heterocycles. The third-order valence-electron chi connectivity index (χ3n) is 3.21. The largest absolute Gasteiger partial charge is 0.388 e. The van der Waals surface area contributed by atoms with Crippen molar-refractivity contribution in [2.75, 3.05) is 23.9 Å². The first-order valence-corrected chi connectivity index (χ1v) is 7.32. The van der Waals surface area contributed by atoms with Crippen molar-refractivity contribution in [3.05, 3.63) is 59.1 Å². The fraction of sp³-hybridized carbons (Fsp3) is 0.167. The number of rotatable bonds is 5.